The third-order valence-electron chi connectivity index (χ3n) is 3.13. The molecule has 1 heterocycles. The van der Waals surface area contributed by atoms with Gasteiger partial charge in [-0.05, 0) is 55.5 Å². The second-order valence-corrected chi connectivity index (χ2v) is 5.74. The van der Waals surface area contributed by atoms with Crippen LogP contribution in [0.3, 0.4) is 0 Å². The molecule has 1 aromatic rings. The lowest BCUT2D eigenvalue weighted by Crippen LogP contribution is -2.50. The minimum absolute atomic E-state index is 0.269. The smallest absolute Gasteiger partial charge is 0.231 e. The van der Waals surface area contributed by atoms with Crippen molar-refractivity contribution in [3.05, 3.63) is 23.8 Å². The van der Waals surface area contributed by atoms with Gasteiger partial charge in [-0.2, -0.15) is 0 Å². The lowest BCUT2D eigenvalue weighted by Gasteiger charge is -2.14. The minimum atomic E-state index is 0.269. The molecular weight excluding hydrogens is 348 g/mol. The van der Waals surface area contributed by atoms with Crippen molar-refractivity contribution in [1.29, 1.82) is 0 Å². The first-order valence-electron chi connectivity index (χ1n) is 7.73. The van der Waals surface area contributed by atoms with E-state index in [2.05, 4.69) is 21.5 Å². The van der Waals surface area contributed by atoms with Crippen LogP contribution in [0.1, 0.15) is 18.9 Å². The van der Waals surface area contributed by atoms with Gasteiger partial charge in [-0.15, -0.1) is 0 Å². The lowest BCUT2D eigenvalue weighted by molar-refractivity contribution is 0.145. The molecule has 1 aliphatic rings. The van der Waals surface area contributed by atoms with Crippen LogP contribution in [0.2, 0.25) is 0 Å². The minimum Gasteiger partial charge on any atom is -0.454 e. The number of hydrogen-bond donors (Lipinski definition) is 4. The molecule has 0 spiro atoms. The summed E-state index contributed by atoms with van der Waals surface area (Å²) in [6, 6.07) is 5.77. The van der Waals surface area contributed by atoms with Gasteiger partial charge in [0.05, 0.1) is 0 Å². The molecule has 0 amide bonds. The molecular formula is C15H22N4O3S2. The van der Waals surface area contributed by atoms with E-state index >= 15 is 0 Å². The fraction of sp³-hybridized carbons (Fsp3) is 0.467. The highest BCUT2D eigenvalue weighted by Crippen LogP contribution is 2.32. The Morgan fingerprint density at radius 3 is 2.67 bits per heavy atom. The highest BCUT2D eigenvalue weighted by molar-refractivity contribution is 7.80. The predicted octanol–water partition coefficient (Wildman–Crippen LogP) is 1.19. The van der Waals surface area contributed by atoms with Crippen LogP contribution < -0.4 is 31.0 Å². The number of benzene rings is 1. The van der Waals surface area contributed by atoms with E-state index in [1.165, 1.54) is 0 Å². The average molecular weight is 371 g/mol. The number of hydrazine groups is 1. The van der Waals surface area contributed by atoms with Gasteiger partial charge in [-0.1, -0.05) is 6.07 Å². The molecule has 4 N–H and O–H groups in total. The molecule has 0 fully saturated rings. The number of fused-ring (bicyclic) bond motifs is 1. The molecule has 132 valence electrons. The van der Waals surface area contributed by atoms with Crippen LogP contribution in [-0.4, -0.2) is 36.8 Å². The van der Waals surface area contributed by atoms with Crippen molar-refractivity contribution < 1.29 is 14.2 Å². The quantitative estimate of drug-likeness (QED) is 0.322. The topological polar surface area (TPSA) is 75.8 Å². The zero-order chi connectivity index (χ0) is 17.2. The molecule has 0 aromatic heterocycles. The maximum absolute atomic E-state index is 5.34. The van der Waals surface area contributed by atoms with Crippen molar-refractivity contribution in [2.24, 2.45) is 0 Å². The summed E-state index contributed by atoms with van der Waals surface area (Å²) < 4.78 is 15.9. The molecule has 1 aliphatic heterocycles. The van der Waals surface area contributed by atoms with Gasteiger partial charge >= 0.3 is 0 Å². The summed E-state index contributed by atoms with van der Waals surface area (Å²) in [6.45, 7) is 5.00. The molecule has 0 aliphatic carbocycles. The van der Waals surface area contributed by atoms with Crippen molar-refractivity contribution in [3.8, 4) is 11.5 Å². The van der Waals surface area contributed by atoms with Crippen LogP contribution in [0.15, 0.2) is 18.2 Å². The van der Waals surface area contributed by atoms with Crippen LogP contribution in [0.4, 0.5) is 0 Å². The summed E-state index contributed by atoms with van der Waals surface area (Å²) in [6.07, 6.45) is 0.891. The Kier molecular flexibility index (Phi) is 7.80. The largest absolute Gasteiger partial charge is 0.454 e. The van der Waals surface area contributed by atoms with Gasteiger partial charge in [0, 0.05) is 26.3 Å². The molecule has 0 atom stereocenters. The van der Waals surface area contributed by atoms with Crippen LogP contribution in [0, 0.1) is 0 Å². The Hall–Kier alpha value is -1.84. The van der Waals surface area contributed by atoms with Gasteiger partial charge in [0.25, 0.3) is 0 Å². The van der Waals surface area contributed by atoms with E-state index < -0.39 is 0 Å². The zero-order valence-electron chi connectivity index (χ0n) is 13.5. The Morgan fingerprint density at radius 1 is 1.12 bits per heavy atom. The first-order chi connectivity index (χ1) is 11.7. The van der Waals surface area contributed by atoms with Gasteiger partial charge in [-0.25, -0.2) is 0 Å². The van der Waals surface area contributed by atoms with Gasteiger partial charge in [0.15, 0.2) is 21.7 Å². The Morgan fingerprint density at radius 2 is 1.88 bits per heavy atom. The molecule has 0 radical (unpaired) electrons. The molecule has 7 nitrogen and oxygen atoms in total. The number of thiocarbonyl (C=S) groups is 2. The number of nitrogens with one attached hydrogen (secondary N) is 4. The molecule has 2 rings (SSSR count). The zero-order valence-corrected chi connectivity index (χ0v) is 15.1. The van der Waals surface area contributed by atoms with E-state index in [9.17, 15) is 0 Å². The third-order valence-corrected chi connectivity index (χ3v) is 3.63. The standard InChI is InChI=1S/C15H22N4O3S2/c1-2-20-7-3-6-16-14(23)18-19-15(24)17-9-11-4-5-12-13(8-11)22-10-21-12/h4-5,8H,2-3,6-7,9-10H2,1H3,(H2,16,18,23)(H2,17,19,24). The fourth-order valence-corrected chi connectivity index (χ4v) is 2.23. The molecule has 0 unspecified atom stereocenters. The summed E-state index contributed by atoms with van der Waals surface area (Å²) in [5.41, 5.74) is 6.71. The number of hydrogen-bond acceptors (Lipinski definition) is 5. The Bertz CT molecular complexity index is 572. The van der Waals surface area contributed by atoms with Crippen molar-refractivity contribution in [2.45, 2.75) is 19.9 Å². The van der Waals surface area contributed by atoms with Crippen LogP contribution >= 0.6 is 24.4 Å². The second kappa shape index (κ2) is 10.1. The molecule has 24 heavy (non-hydrogen) atoms. The van der Waals surface area contributed by atoms with E-state index in [1.807, 2.05) is 25.1 Å². The number of ether oxygens (including phenoxy) is 3. The van der Waals surface area contributed by atoms with Crippen molar-refractivity contribution >= 4 is 34.7 Å². The van der Waals surface area contributed by atoms with Crippen molar-refractivity contribution in [3.63, 3.8) is 0 Å². The highest BCUT2D eigenvalue weighted by Gasteiger charge is 2.13. The average Bonchev–Trinajstić information content (AvgIpc) is 3.05. The van der Waals surface area contributed by atoms with Crippen LogP contribution in [-0.2, 0) is 11.3 Å². The predicted molar refractivity (Wildman–Crippen MR) is 100.0 cm³/mol. The van der Waals surface area contributed by atoms with Gasteiger partial charge < -0.3 is 24.8 Å². The normalized spacial score (nSPS) is 11.7. The van der Waals surface area contributed by atoms with Crippen molar-refractivity contribution in [1.82, 2.24) is 21.5 Å². The first kappa shape index (κ1) is 18.5. The maximum Gasteiger partial charge on any atom is 0.231 e. The van der Waals surface area contributed by atoms with Crippen molar-refractivity contribution in [2.75, 3.05) is 26.6 Å². The number of rotatable bonds is 7. The lowest BCUT2D eigenvalue weighted by atomic mass is 10.2. The monoisotopic (exact) mass is 370 g/mol. The molecule has 0 saturated heterocycles. The first-order valence-corrected chi connectivity index (χ1v) is 8.54. The fourth-order valence-electron chi connectivity index (χ4n) is 1.96. The SMILES string of the molecule is CCOCCCNC(=S)NNC(=S)NCc1ccc2c(c1)OCO2. The van der Waals surface area contributed by atoms with E-state index in [0.717, 1.165) is 43.2 Å². The van der Waals surface area contributed by atoms with E-state index in [4.69, 9.17) is 38.6 Å². The summed E-state index contributed by atoms with van der Waals surface area (Å²) in [7, 11) is 0. The van der Waals surface area contributed by atoms with Crippen LogP contribution in [0.5, 0.6) is 11.5 Å². The van der Waals surface area contributed by atoms with E-state index in [-0.39, 0.29) is 6.79 Å². The summed E-state index contributed by atoms with van der Waals surface area (Å²) >= 11 is 10.3. The summed E-state index contributed by atoms with van der Waals surface area (Å²) in [5, 5.41) is 7.08. The molecule has 0 saturated carbocycles. The summed E-state index contributed by atoms with van der Waals surface area (Å²) in [4.78, 5) is 0. The molecule has 9 heteroatoms. The highest BCUT2D eigenvalue weighted by atomic mass is 32.1. The van der Waals surface area contributed by atoms with E-state index in [1.54, 1.807) is 0 Å². The Labute approximate surface area is 152 Å². The maximum atomic E-state index is 5.34. The molecule has 0 bridgehead atoms. The second-order valence-electron chi connectivity index (χ2n) is 4.93. The van der Waals surface area contributed by atoms with Gasteiger partial charge in [0.1, 0.15) is 0 Å². The van der Waals surface area contributed by atoms with Gasteiger partial charge in [0.2, 0.25) is 6.79 Å². The van der Waals surface area contributed by atoms with Crippen LogP contribution in [0.25, 0.3) is 0 Å². The summed E-state index contributed by atoms with van der Waals surface area (Å²) in [5.74, 6) is 1.52. The van der Waals surface area contributed by atoms with E-state index in [0.29, 0.717) is 16.8 Å². The van der Waals surface area contributed by atoms with Gasteiger partial charge in [-0.3, -0.25) is 10.9 Å². The Balaban J connectivity index is 1.59. The molecule has 1 aromatic carbocycles. The third kappa shape index (κ3) is 6.34.